The first-order chi connectivity index (χ1) is 17.6. The van der Waals surface area contributed by atoms with Crippen molar-refractivity contribution in [3.05, 3.63) is 74.6 Å². The molecule has 2 aromatic carbocycles. The Morgan fingerprint density at radius 1 is 1.05 bits per heavy atom. The molecule has 1 fully saturated rings. The molecule has 1 aliphatic rings. The zero-order chi connectivity index (χ0) is 26.3. The zero-order valence-electron chi connectivity index (χ0n) is 20.4. The highest BCUT2D eigenvalue weighted by Crippen LogP contribution is 2.37. The predicted molar refractivity (Wildman–Crippen MR) is 149 cm³/mol. The first-order valence-corrected chi connectivity index (χ1v) is 14.9. The van der Waals surface area contributed by atoms with Gasteiger partial charge < -0.3 is 18.8 Å². The molecular formula is C26H25ClIN3O5S. The van der Waals surface area contributed by atoms with Crippen LogP contribution >= 0.6 is 34.2 Å². The summed E-state index contributed by atoms with van der Waals surface area (Å²) in [6.07, 6.45) is 2.19. The van der Waals surface area contributed by atoms with Crippen LogP contribution in [-0.4, -0.2) is 48.0 Å². The van der Waals surface area contributed by atoms with E-state index in [1.165, 1.54) is 0 Å². The summed E-state index contributed by atoms with van der Waals surface area (Å²) >= 11 is 8.52. The van der Waals surface area contributed by atoms with Crippen molar-refractivity contribution in [2.24, 2.45) is 0 Å². The van der Waals surface area contributed by atoms with Gasteiger partial charge in [0.25, 0.3) is 0 Å². The van der Waals surface area contributed by atoms with Gasteiger partial charge in [-0.2, -0.15) is 4.98 Å². The van der Waals surface area contributed by atoms with Crippen molar-refractivity contribution in [1.29, 1.82) is 0 Å². The molecule has 0 amide bonds. The van der Waals surface area contributed by atoms with Gasteiger partial charge in [0, 0.05) is 22.4 Å². The molecule has 2 aromatic heterocycles. The van der Waals surface area contributed by atoms with Crippen molar-refractivity contribution < 1.29 is 22.6 Å². The summed E-state index contributed by atoms with van der Waals surface area (Å²) in [5.41, 5.74) is 2.68. The van der Waals surface area contributed by atoms with Crippen LogP contribution in [0.1, 0.15) is 23.8 Å². The molecular weight excluding hydrogens is 629 g/mol. The quantitative estimate of drug-likeness (QED) is 0.147. The first-order valence-electron chi connectivity index (χ1n) is 11.6. The molecule has 11 heteroatoms. The number of aromatic nitrogens is 3. The zero-order valence-corrected chi connectivity index (χ0v) is 24.1. The minimum Gasteiger partial charge on any atom is -0.491 e. The molecule has 3 atom stereocenters. The maximum Gasteiger partial charge on any atom is 0.250 e. The SMILES string of the molecule is Cc1ccc(OC[C@H]2O[C@@H](n3cc(I)c4c(Cl)nc(S(C)(=O)=O)nc43)C[C@@H]2Oc2ccc(C)cc2)cc1. The Balaban J connectivity index is 1.47. The van der Waals surface area contributed by atoms with E-state index >= 15 is 0 Å². The van der Waals surface area contributed by atoms with Crippen LogP contribution in [-0.2, 0) is 14.6 Å². The number of rotatable bonds is 7. The lowest BCUT2D eigenvalue weighted by atomic mass is 10.1. The van der Waals surface area contributed by atoms with Crippen LogP contribution < -0.4 is 9.47 Å². The molecule has 0 N–H and O–H groups in total. The minimum atomic E-state index is -3.66. The molecule has 194 valence electrons. The third-order valence-corrected chi connectivity index (χ3v) is 8.06. The molecule has 5 rings (SSSR count). The smallest absolute Gasteiger partial charge is 0.250 e. The summed E-state index contributed by atoms with van der Waals surface area (Å²) in [6, 6.07) is 15.7. The number of hydrogen-bond acceptors (Lipinski definition) is 7. The van der Waals surface area contributed by atoms with Gasteiger partial charge in [0.2, 0.25) is 15.0 Å². The lowest BCUT2D eigenvalue weighted by molar-refractivity contribution is -0.0340. The van der Waals surface area contributed by atoms with E-state index in [1.54, 1.807) is 4.57 Å². The van der Waals surface area contributed by atoms with E-state index in [4.69, 9.17) is 25.8 Å². The molecule has 37 heavy (non-hydrogen) atoms. The molecule has 0 radical (unpaired) electrons. The van der Waals surface area contributed by atoms with E-state index < -0.39 is 22.2 Å². The number of sulfone groups is 1. The number of aryl methyl sites for hydroxylation is 2. The Bertz CT molecular complexity index is 1540. The van der Waals surface area contributed by atoms with Gasteiger partial charge in [-0.25, -0.2) is 13.4 Å². The van der Waals surface area contributed by atoms with Gasteiger partial charge in [0.05, 0.1) is 5.39 Å². The van der Waals surface area contributed by atoms with Crippen LogP contribution in [0.2, 0.25) is 5.15 Å². The standard InChI is InChI=1S/C26H25ClIN3O5S/c1-15-4-8-17(9-5-15)34-14-21-20(35-18-10-6-16(2)7-11-18)12-22(36-21)31-13-19(28)23-24(27)29-26(30-25(23)31)37(3,32)33/h4-11,13,20-22H,12,14H2,1-3H3/t20-,21+,22+/m0/s1. The van der Waals surface area contributed by atoms with E-state index in [9.17, 15) is 8.42 Å². The fourth-order valence-electron chi connectivity index (χ4n) is 4.18. The average Bonchev–Trinajstić information content (AvgIpc) is 3.40. The molecule has 0 saturated carbocycles. The number of hydrogen-bond donors (Lipinski definition) is 0. The number of ether oxygens (including phenoxy) is 3. The molecule has 3 heterocycles. The van der Waals surface area contributed by atoms with Crippen LogP contribution in [0.25, 0.3) is 11.0 Å². The second-order valence-corrected chi connectivity index (χ2v) is 12.5. The maximum absolute atomic E-state index is 12.2. The van der Waals surface area contributed by atoms with Gasteiger partial charge in [-0.05, 0) is 60.7 Å². The third kappa shape index (κ3) is 5.71. The van der Waals surface area contributed by atoms with E-state index in [1.807, 2.05) is 68.6 Å². The fourth-order valence-corrected chi connectivity index (χ4v) is 5.96. The topological polar surface area (TPSA) is 92.5 Å². The largest absolute Gasteiger partial charge is 0.491 e. The average molecular weight is 654 g/mol. The Kier molecular flexibility index (Phi) is 7.36. The summed E-state index contributed by atoms with van der Waals surface area (Å²) < 4.78 is 45.8. The Hall–Kier alpha value is -2.41. The molecule has 0 unspecified atom stereocenters. The predicted octanol–water partition coefficient (Wildman–Crippen LogP) is 5.52. The van der Waals surface area contributed by atoms with Gasteiger partial charge in [-0.3, -0.25) is 0 Å². The number of benzene rings is 2. The second-order valence-electron chi connectivity index (χ2n) is 9.11. The Labute approximate surface area is 234 Å². The van der Waals surface area contributed by atoms with Crippen molar-refractivity contribution in [3.63, 3.8) is 0 Å². The normalized spacial score (nSPS) is 19.9. The highest BCUT2D eigenvalue weighted by molar-refractivity contribution is 14.1. The van der Waals surface area contributed by atoms with Gasteiger partial charge >= 0.3 is 0 Å². The van der Waals surface area contributed by atoms with Crippen LogP contribution in [0.4, 0.5) is 0 Å². The monoisotopic (exact) mass is 653 g/mol. The minimum absolute atomic E-state index is 0.0817. The van der Waals surface area contributed by atoms with Crippen molar-refractivity contribution in [2.75, 3.05) is 12.9 Å². The number of nitrogens with zero attached hydrogens (tertiary/aromatic N) is 3. The molecule has 1 saturated heterocycles. The molecule has 4 aromatic rings. The van der Waals surface area contributed by atoms with E-state index in [-0.39, 0.29) is 23.0 Å². The number of halogens is 2. The van der Waals surface area contributed by atoms with Gasteiger partial charge in [-0.15, -0.1) is 0 Å². The Morgan fingerprint density at radius 2 is 1.68 bits per heavy atom. The lowest BCUT2D eigenvalue weighted by Gasteiger charge is -2.20. The maximum atomic E-state index is 12.2. The summed E-state index contributed by atoms with van der Waals surface area (Å²) in [5, 5.41) is 0.331. The van der Waals surface area contributed by atoms with Gasteiger partial charge in [0.1, 0.15) is 47.3 Å². The van der Waals surface area contributed by atoms with Crippen molar-refractivity contribution in [1.82, 2.24) is 14.5 Å². The fraction of sp³-hybridized carbons (Fsp3) is 0.308. The summed E-state index contributed by atoms with van der Waals surface area (Å²) in [5.74, 6) is 1.47. The molecule has 0 bridgehead atoms. The molecule has 1 aliphatic heterocycles. The second kappa shape index (κ2) is 10.4. The van der Waals surface area contributed by atoms with E-state index in [0.717, 1.165) is 32.5 Å². The van der Waals surface area contributed by atoms with Gasteiger partial charge in [0.15, 0.2) is 0 Å². The van der Waals surface area contributed by atoms with Crippen molar-refractivity contribution >= 4 is 55.1 Å². The van der Waals surface area contributed by atoms with Crippen LogP contribution in [0.15, 0.2) is 59.9 Å². The Morgan fingerprint density at radius 3 is 2.30 bits per heavy atom. The van der Waals surface area contributed by atoms with Crippen LogP contribution in [0.5, 0.6) is 11.5 Å². The summed E-state index contributed by atoms with van der Waals surface area (Å²) in [7, 11) is -3.66. The van der Waals surface area contributed by atoms with Crippen molar-refractivity contribution in [2.45, 2.75) is 43.9 Å². The highest BCUT2D eigenvalue weighted by atomic mass is 127. The highest BCUT2D eigenvalue weighted by Gasteiger charge is 2.39. The summed E-state index contributed by atoms with van der Waals surface area (Å²) in [4.78, 5) is 8.34. The van der Waals surface area contributed by atoms with E-state index in [2.05, 4.69) is 32.6 Å². The van der Waals surface area contributed by atoms with Crippen LogP contribution in [0.3, 0.4) is 0 Å². The number of fused-ring (bicyclic) bond motifs is 1. The van der Waals surface area contributed by atoms with Crippen LogP contribution in [0, 0.1) is 17.4 Å². The van der Waals surface area contributed by atoms with Crippen molar-refractivity contribution in [3.8, 4) is 11.5 Å². The molecule has 8 nitrogen and oxygen atoms in total. The van der Waals surface area contributed by atoms with E-state index in [0.29, 0.717) is 17.5 Å². The molecule has 0 aliphatic carbocycles. The third-order valence-electron chi connectivity index (χ3n) is 6.13. The lowest BCUT2D eigenvalue weighted by Crippen LogP contribution is -2.32. The van der Waals surface area contributed by atoms with Gasteiger partial charge in [-0.1, -0.05) is 47.0 Å². The summed E-state index contributed by atoms with van der Waals surface area (Å²) in [6.45, 7) is 4.32. The molecule has 0 spiro atoms. The first kappa shape index (κ1) is 26.2.